The van der Waals surface area contributed by atoms with Gasteiger partial charge in [0.2, 0.25) is 18.6 Å². The van der Waals surface area contributed by atoms with Gasteiger partial charge in [0.25, 0.3) is 0 Å². The van der Waals surface area contributed by atoms with Crippen molar-refractivity contribution >= 4 is 23.6 Å². The van der Waals surface area contributed by atoms with Crippen LogP contribution >= 0.6 is 11.8 Å². The molecule has 2 heterocycles. The summed E-state index contributed by atoms with van der Waals surface area (Å²) < 4.78 is 24.4. The summed E-state index contributed by atoms with van der Waals surface area (Å²) in [5.74, 6) is 0.798. The molecule has 4 rings (SSSR count). The first-order valence-corrected chi connectivity index (χ1v) is 10.8. The molecule has 2 atom stereocenters. The Morgan fingerprint density at radius 2 is 2.00 bits per heavy atom. The van der Waals surface area contributed by atoms with Gasteiger partial charge in [-0.25, -0.2) is 4.39 Å². The third kappa shape index (κ3) is 4.09. The van der Waals surface area contributed by atoms with Crippen molar-refractivity contribution in [1.29, 1.82) is 0 Å². The standard InChI is InChI=1S/C22H23FN2O4S/c1-13(2)21(27)25-17(11-30-22(25)15-4-3-5-16(23)9-15)20(26)24-10-14-6-7-18-19(8-14)29-12-28-18/h3-9,13,17,22H,10-12H2,1-2H3,(H,24,26). The van der Waals surface area contributed by atoms with Crippen LogP contribution in [0.2, 0.25) is 0 Å². The highest BCUT2D eigenvalue weighted by Crippen LogP contribution is 2.42. The van der Waals surface area contributed by atoms with Crippen molar-refractivity contribution in [2.24, 2.45) is 5.92 Å². The second-order valence-corrected chi connectivity index (χ2v) is 8.68. The van der Waals surface area contributed by atoms with Crippen LogP contribution in [0.3, 0.4) is 0 Å². The lowest BCUT2D eigenvalue weighted by Crippen LogP contribution is -2.49. The highest BCUT2D eigenvalue weighted by Gasteiger charge is 2.42. The summed E-state index contributed by atoms with van der Waals surface area (Å²) in [7, 11) is 0. The smallest absolute Gasteiger partial charge is 0.243 e. The lowest BCUT2D eigenvalue weighted by Gasteiger charge is -2.30. The molecule has 0 saturated carbocycles. The van der Waals surface area contributed by atoms with E-state index in [0.717, 1.165) is 5.56 Å². The van der Waals surface area contributed by atoms with Crippen LogP contribution < -0.4 is 14.8 Å². The minimum atomic E-state index is -0.618. The topological polar surface area (TPSA) is 67.9 Å². The number of nitrogens with zero attached hydrogens (tertiary/aromatic N) is 1. The van der Waals surface area contributed by atoms with E-state index in [2.05, 4.69) is 5.32 Å². The number of thioether (sulfide) groups is 1. The minimum Gasteiger partial charge on any atom is -0.454 e. The van der Waals surface area contributed by atoms with Crippen LogP contribution in [0.4, 0.5) is 4.39 Å². The maximum absolute atomic E-state index is 13.8. The molecular formula is C22H23FN2O4S. The van der Waals surface area contributed by atoms with Gasteiger partial charge in [0, 0.05) is 18.2 Å². The van der Waals surface area contributed by atoms with E-state index in [0.29, 0.717) is 29.4 Å². The zero-order valence-corrected chi connectivity index (χ0v) is 17.6. The Morgan fingerprint density at radius 1 is 1.20 bits per heavy atom. The second kappa shape index (κ2) is 8.55. The molecule has 0 aliphatic carbocycles. The first-order valence-electron chi connectivity index (χ1n) is 9.79. The van der Waals surface area contributed by atoms with Crippen molar-refractivity contribution < 1.29 is 23.5 Å². The third-order valence-electron chi connectivity index (χ3n) is 5.09. The van der Waals surface area contributed by atoms with E-state index in [1.54, 1.807) is 30.9 Å². The summed E-state index contributed by atoms with van der Waals surface area (Å²) in [4.78, 5) is 27.5. The van der Waals surface area contributed by atoms with Gasteiger partial charge in [0.05, 0.1) is 0 Å². The number of nitrogens with one attached hydrogen (secondary N) is 1. The van der Waals surface area contributed by atoms with E-state index < -0.39 is 11.4 Å². The van der Waals surface area contributed by atoms with Crippen LogP contribution in [0, 0.1) is 11.7 Å². The summed E-state index contributed by atoms with van der Waals surface area (Å²) in [6.07, 6.45) is 0. The fourth-order valence-electron chi connectivity index (χ4n) is 3.55. The van der Waals surface area contributed by atoms with Crippen molar-refractivity contribution in [3.8, 4) is 11.5 Å². The SMILES string of the molecule is CC(C)C(=O)N1C(C(=O)NCc2ccc3c(c2)OCO3)CSC1c1cccc(F)c1. The summed E-state index contributed by atoms with van der Waals surface area (Å²) in [5.41, 5.74) is 1.56. The molecule has 30 heavy (non-hydrogen) atoms. The molecule has 6 nitrogen and oxygen atoms in total. The maximum atomic E-state index is 13.8. The zero-order valence-electron chi connectivity index (χ0n) is 16.8. The number of carbonyl (C=O) groups is 2. The van der Waals surface area contributed by atoms with E-state index >= 15 is 0 Å². The summed E-state index contributed by atoms with van der Waals surface area (Å²) in [6.45, 7) is 4.11. The number of fused-ring (bicyclic) bond motifs is 1. The van der Waals surface area contributed by atoms with Crippen molar-refractivity contribution in [3.63, 3.8) is 0 Å². The lowest BCUT2D eigenvalue weighted by atomic mass is 10.1. The Labute approximate surface area is 178 Å². The van der Waals surface area contributed by atoms with Gasteiger partial charge in [-0.15, -0.1) is 11.8 Å². The molecule has 2 aromatic rings. The first kappa shape index (κ1) is 20.5. The summed E-state index contributed by atoms with van der Waals surface area (Å²) in [5, 5.41) is 2.53. The van der Waals surface area contributed by atoms with Gasteiger partial charge in [-0.1, -0.05) is 32.0 Å². The number of carbonyl (C=O) groups excluding carboxylic acids is 2. The van der Waals surface area contributed by atoms with E-state index in [4.69, 9.17) is 9.47 Å². The van der Waals surface area contributed by atoms with Crippen LogP contribution in [0.5, 0.6) is 11.5 Å². The van der Waals surface area contributed by atoms with Crippen LogP contribution in [0.1, 0.15) is 30.3 Å². The monoisotopic (exact) mass is 430 g/mol. The Morgan fingerprint density at radius 3 is 2.77 bits per heavy atom. The number of benzene rings is 2. The van der Waals surface area contributed by atoms with Crippen LogP contribution in [0.25, 0.3) is 0 Å². The molecule has 2 aromatic carbocycles. The van der Waals surface area contributed by atoms with E-state index in [1.165, 1.54) is 23.9 Å². The van der Waals surface area contributed by atoms with E-state index in [9.17, 15) is 14.0 Å². The molecule has 2 aliphatic rings. The summed E-state index contributed by atoms with van der Waals surface area (Å²) >= 11 is 1.47. The predicted octanol–water partition coefficient (Wildman–Crippen LogP) is 3.47. The van der Waals surface area contributed by atoms with Gasteiger partial charge in [0.1, 0.15) is 17.2 Å². The average molecular weight is 431 g/mol. The van der Waals surface area contributed by atoms with Gasteiger partial charge in [-0.2, -0.15) is 0 Å². The minimum absolute atomic E-state index is 0.127. The quantitative estimate of drug-likeness (QED) is 0.787. The number of halogens is 1. The highest BCUT2D eigenvalue weighted by atomic mass is 32.2. The molecule has 0 spiro atoms. The van der Waals surface area contributed by atoms with Gasteiger partial charge in [-0.05, 0) is 35.4 Å². The molecule has 0 aromatic heterocycles. The molecule has 0 radical (unpaired) electrons. The van der Waals surface area contributed by atoms with Gasteiger partial charge in [0.15, 0.2) is 11.5 Å². The van der Waals surface area contributed by atoms with Gasteiger partial charge >= 0.3 is 0 Å². The summed E-state index contributed by atoms with van der Waals surface area (Å²) in [6, 6.07) is 11.1. The number of rotatable bonds is 5. The Hall–Kier alpha value is -2.74. The highest BCUT2D eigenvalue weighted by molar-refractivity contribution is 7.99. The molecule has 158 valence electrons. The van der Waals surface area contributed by atoms with Crippen LogP contribution in [0.15, 0.2) is 42.5 Å². The molecule has 1 fully saturated rings. The largest absolute Gasteiger partial charge is 0.454 e. The van der Waals surface area contributed by atoms with E-state index in [1.807, 2.05) is 18.2 Å². The molecular weight excluding hydrogens is 407 g/mol. The maximum Gasteiger partial charge on any atom is 0.243 e. The predicted molar refractivity (Wildman–Crippen MR) is 111 cm³/mol. The van der Waals surface area contributed by atoms with Crippen LogP contribution in [-0.2, 0) is 16.1 Å². The van der Waals surface area contributed by atoms with Crippen molar-refractivity contribution in [2.75, 3.05) is 12.5 Å². The molecule has 1 N–H and O–H groups in total. The molecule has 2 aliphatic heterocycles. The number of amides is 2. The van der Waals surface area contributed by atoms with Gasteiger partial charge in [-0.3, -0.25) is 9.59 Å². The zero-order chi connectivity index (χ0) is 21.3. The number of hydrogen-bond acceptors (Lipinski definition) is 5. The molecule has 8 heteroatoms. The first-order chi connectivity index (χ1) is 14.4. The third-order valence-corrected chi connectivity index (χ3v) is 6.41. The number of hydrogen-bond donors (Lipinski definition) is 1. The second-order valence-electron chi connectivity index (χ2n) is 7.56. The fraction of sp³-hybridized carbons (Fsp3) is 0.364. The lowest BCUT2D eigenvalue weighted by molar-refractivity contribution is -0.142. The normalized spacial score (nSPS) is 19.9. The van der Waals surface area contributed by atoms with Crippen molar-refractivity contribution in [2.45, 2.75) is 31.8 Å². The average Bonchev–Trinajstić information content (AvgIpc) is 3.38. The van der Waals surface area contributed by atoms with Crippen molar-refractivity contribution in [1.82, 2.24) is 10.2 Å². The van der Waals surface area contributed by atoms with Crippen LogP contribution in [-0.4, -0.2) is 35.3 Å². The van der Waals surface area contributed by atoms with Gasteiger partial charge < -0.3 is 19.7 Å². The Balaban J connectivity index is 1.49. The molecule has 1 saturated heterocycles. The molecule has 2 unspecified atom stereocenters. The number of ether oxygens (including phenoxy) is 2. The van der Waals surface area contributed by atoms with Crippen molar-refractivity contribution in [3.05, 3.63) is 59.4 Å². The molecule has 2 amide bonds. The van der Waals surface area contributed by atoms with E-state index in [-0.39, 0.29) is 30.3 Å². The Kier molecular flexibility index (Phi) is 5.85. The Bertz CT molecular complexity index is 968. The molecule has 0 bridgehead atoms. The fourth-order valence-corrected chi connectivity index (χ4v) is 4.98.